The number of hydrogen-bond acceptors (Lipinski definition) is 3. The maximum Gasteiger partial charge on any atom is 0.121 e. The van der Waals surface area contributed by atoms with Crippen molar-refractivity contribution in [3.05, 3.63) is 60.3 Å². The van der Waals surface area contributed by atoms with E-state index in [4.69, 9.17) is 4.74 Å². The molecule has 1 heterocycles. The van der Waals surface area contributed by atoms with Crippen molar-refractivity contribution < 1.29 is 4.74 Å². The summed E-state index contributed by atoms with van der Waals surface area (Å²) in [5.74, 6) is 0.884. The van der Waals surface area contributed by atoms with Crippen LogP contribution in [0.25, 0.3) is 10.1 Å². The first-order valence-electron chi connectivity index (χ1n) is 6.75. The van der Waals surface area contributed by atoms with Crippen LogP contribution >= 0.6 is 27.5 Å². The maximum atomic E-state index is 5.68. The number of benzene rings is 1. The van der Waals surface area contributed by atoms with E-state index in [-0.39, 0.29) is 0 Å². The van der Waals surface area contributed by atoms with Gasteiger partial charge in [0.15, 0.2) is 0 Å². The highest BCUT2D eigenvalue weighted by molar-refractivity contribution is 9.09. The molecule has 0 N–H and O–H groups in total. The summed E-state index contributed by atoms with van der Waals surface area (Å²) < 4.78 is 11.4. The standard InChI is InChI=1S/C17H18BrNOS/c1-13(2)6-5-7-16-15-9-8-14(12-17(15)21-19-16)20-11-4-3-10-18/h3-6,8-9,12H,1,7,10-11H2,2H3. The second-order valence-electron chi connectivity index (χ2n) is 4.68. The normalized spacial score (nSPS) is 11.7. The smallest absolute Gasteiger partial charge is 0.121 e. The molecule has 4 heteroatoms. The summed E-state index contributed by atoms with van der Waals surface area (Å²) in [6, 6.07) is 6.15. The summed E-state index contributed by atoms with van der Waals surface area (Å²) in [6.45, 7) is 6.44. The first kappa shape index (κ1) is 16.0. The van der Waals surface area contributed by atoms with Crippen molar-refractivity contribution in [2.24, 2.45) is 0 Å². The van der Waals surface area contributed by atoms with E-state index in [0.29, 0.717) is 6.61 Å². The molecular formula is C17H18BrNOS. The molecule has 21 heavy (non-hydrogen) atoms. The van der Waals surface area contributed by atoms with Gasteiger partial charge in [-0.15, -0.1) is 0 Å². The average Bonchev–Trinajstić information content (AvgIpc) is 2.86. The Bertz CT molecular complexity index is 672. The fraction of sp³-hybridized carbons (Fsp3) is 0.235. The van der Waals surface area contributed by atoms with Crippen molar-refractivity contribution in [3.8, 4) is 5.75 Å². The minimum absolute atomic E-state index is 0.587. The van der Waals surface area contributed by atoms with Crippen molar-refractivity contribution in [1.29, 1.82) is 0 Å². The van der Waals surface area contributed by atoms with E-state index in [9.17, 15) is 0 Å². The van der Waals surface area contributed by atoms with Crippen LogP contribution < -0.4 is 4.74 Å². The van der Waals surface area contributed by atoms with E-state index in [1.165, 1.54) is 16.9 Å². The molecule has 0 aliphatic carbocycles. The Hall–Kier alpha value is -1.39. The van der Waals surface area contributed by atoms with Crippen molar-refractivity contribution in [2.75, 3.05) is 11.9 Å². The fourth-order valence-electron chi connectivity index (χ4n) is 1.85. The number of aromatic nitrogens is 1. The van der Waals surface area contributed by atoms with Crippen molar-refractivity contribution in [1.82, 2.24) is 4.37 Å². The van der Waals surface area contributed by atoms with Gasteiger partial charge >= 0.3 is 0 Å². The summed E-state index contributed by atoms with van der Waals surface area (Å²) >= 11 is 4.86. The second kappa shape index (κ2) is 8.15. The Morgan fingerprint density at radius 1 is 1.38 bits per heavy atom. The summed E-state index contributed by atoms with van der Waals surface area (Å²) in [7, 11) is 0. The number of alkyl halides is 1. The molecule has 0 bridgehead atoms. The molecule has 0 radical (unpaired) electrons. The largest absolute Gasteiger partial charge is 0.489 e. The van der Waals surface area contributed by atoms with Crippen molar-refractivity contribution in [3.63, 3.8) is 0 Å². The fourth-order valence-corrected chi connectivity index (χ4v) is 2.95. The summed E-state index contributed by atoms with van der Waals surface area (Å²) in [6.07, 6.45) is 8.99. The Labute approximate surface area is 138 Å². The number of ether oxygens (including phenoxy) is 1. The van der Waals surface area contributed by atoms with Crippen LogP contribution in [0.5, 0.6) is 5.75 Å². The lowest BCUT2D eigenvalue weighted by molar-refractivity contribution is 0.363. The number of nitrogens with zero attached hydrogens (tertiary/aromatic N) is 1. The summed E-state index contributed by atoms with van der Waals surface area (Å²) in [5, 5.41) is 2.06. The average molecular weight is 364 g/mol. The first-order valence-corrected chi connectivity index (χ1v) is 8.64. The van der Waals surface area contributed by atoms with E-state index in [1.807, 2.05) is 31.2 Å². The van der Waals surface area contributed by atoms with Gasteiger partial charge in [-0.25, -0.2) is 0 Å². The third kappa shape index (κ3) is 4.83. The molecule has 1 aromatic carbocycles. The number of halogens is 1. The molecule has 2 aromatic rings. The topological polar surface area (TPSA) is 22.1 Å². The molecule has 0 unspecified atom stereocenters. The van der Waals surface area contributed by atoms with Gasteiger partial charge < -0.3 is 4.74 Å². The van der Waals surface area contributed by atoms with Crippen molar-refractivity contribution in [2.45, 2.75) is 13.3 Å². The second-order valence-corrected chi connectivity index (χ2v) is 6.13. The van der Waals surface area contributed by atoms with Crippen LogP contribution in [0, 0.1) is 0 Å². The van der Waals surface area contributed by atoms with E-state index >= 15 is 0 Å². The van der Waals surface area contributed by atoms with Gasteiger partial charge in [0, 0.05) is 17.1 Å². The lowest BCUT2D eigenvalue weighted by atomic mass is 10.1. The molecule has 2 rings (SSSR count). The highest BCUT2D eigenvalue weighted by Crippen LogP contribution is 2.27. The SMILES string of the molecule is C=C(C)C=CCc1nsc2cc(OCC=CCBr)ccc12. The van der Waals surface area contributed by atoms with Crippen LogP contribution in [0.2, 0.25) is 0 Å². The van der Waals surface area contributed by atoms with Gasteiger partial charge in [0.2, 0.25) is 0 Å². The Morgan fingerprint density at radius 2 is 2.24 bits per heavy atom. The molecule has 110 valence electrons. The first-order chi connectivity index (χ1) is 10.2. The summed E-state index contributed by atoms with van der Waals surface area (Å²) in [5.41, 5.74) is 2.17. The Balaban J connectivity index is 2.07. The van der Waals surface area contributed by atoms with Crippen LogP contribution in [0.1, 0.15) is 12.6 Å². The molecule has 0 spiro atoms. The van der Waals surface area contributed by atoms with Crippen LogP contribution in [-0.4, -0.2) is 16.3 Å². The molecule has 2 nitrogen and oxygen atoms in total. The van der Waals surface area contributed by atoms with E-state index in [2.05, 4.69) is 45.1 Å². The maximum absolute atomic E-state index is 5.68. The molecule has 1 aromatic heterocycles. The summed E-state index contributed by atoms with van der Waals surface area (Å²) in [4.78, 5) is 0. The van der Waals surface area contributed by atoms with Gasteiger partial charge in [-0.3, -0.25) is 0 Å². The third-order valence-electron chi connectivity index (χ3n) is 2.83. The van der Waals surface area contributed by atoms with E-state index in [1.54, 1.807) is 0 Å². The molecule has 0 aliphatic rings. The number of rotatable bonds is 7. The molecular weight excluding hydrogens is 346 g/mol. The Morgan fingerprint density at radius 3 is 3.00 bits per heavy atom. The van der Waals surface area contributed by atoms with Gasteiger partial charge in [0.1, 0.15) is 12.4 Å². The van der Waals surface area contributed by atoms with Gasteiger partial charge in [-0.1, -0.05) is 52.4 Å². The molecule has 0 amide bonds. The lowest BCUT2D eigenvalue weighted by Crippen LogP contribution is -1.92. The van der Waals surface area contributed by atoms with E-state index < -0.39 is 0 Å². The van der Waals surface area contributed by atoms with Crippen LogP contribution in [0.4, 0.5) is 0 Å². The Kier molecular flexibility index (Phi) is 6.21. The van der Waals surface area contributed by atoms with Crippen molar-refractivity contribution >= 4 is 37.5 Å². The molecule has 0 atom stereocenters. The minimum atomic E-state index is 0.587. The number of hydrogen-bond donors (Lipinski definition) is 0. The zero-order valence-electron chi connectivity index (χ0n) is 12.0. The van der Waals surface area contributed by atoms with Gasteiger partial charge in [-0.05, 0) is 36.7 Å². The molecule has 0 fully saturated rings. The molecule has 0 saturated carbocycles. The monoisotopic (exact) mass is 363 g/mol. The zero-order chi connectivity index (χ0) is 15.1. The third-order valence-corrected chi connectivity index (χ3v) is 4.05. The predicted octanol–water partition coefficient (Wildman–Crippen LogP) is 5.30. The lowest BCUT2D eigenvalue weighted by Gasteiger charge is -2.02. The highest BCUT2D eigenvalue weighted by atomic mass is 79.9. The molecule has 0 aliphatic heterocycles. The van der Waals surface area contributed by atoms with E-state index in [0.717, 1.165) is 33.5 Å². The minimum Gasteiger partial charge on any atom is -0.489 e. The predicted molar refractivity (Wildman–Crippen MR) is 95.7 cm³/mol. The highest BCUT2D eigenvalue weighted by Gasteiger charge is 2.06. The van der Waals surface area contributed by atoms with Gasteiger partial charge in [-0.2, -0.15) is 4.37 Å². The van der Waals surface area contributed by atoms with Gasteiger partial charge in [0.05, 0.1) is 10.4 Å². The quantitative estimate of drug-likeness (QED) is 0.378. The van der Waals surface area contributed by atoms with Crippen LogP contribution in [0.15, 0.2) is 54.7 Å². The van der Waals surface area contributed by atoms with Crippen LogP contribution in [0.3, 0.4) is 0 Å². The number of allylic oxidation sites excluding steroid dienone is 4. The van der Waals surface area contributed by atoms with Gasteiger partial charge in [0.25, 0.3) is 0 Å². The molecule has 0 saturated heterocycles. The number of fused-ring (bicyclic) bond motifs is 1. The van der Waals surface area contributed by atoms with Crippen LogP contribution in [-0.2, 0) is 6.42 Å². The zero-order valence-corrected chi connectivity index (χ0v) is 14.4.